The van der Waals surface area contributed by atoms with Crippen LogP contribution in [0, 0.1) is 5.41 Å². The van der Waals surface area contributed by atoms with Gasteiger partial charge in [-0.05, 0) is 20.8 Å². The molecule has 0 bridgehead atoms. The number of halogens is 1. The van der Waals surface area contributed by atoms with Gasteiger partial charge in [0, 0.05) is 11.3 Å². The Morgan fingerprint density at radius 1 is 1.25 bits per heavy atom. The second kappa shape index (κ2) is 3.95. The maximum atomic E-state index is 9.61. The summed E-state index contributed by atoms with van der Waals surface area (Å²) in [6, 6.07) is 0. The molecule has 0 aliphatic carbocycles. The van der Waals surface area contributed by atoms with Crippen LogP contribution < -0.4 is 0 Å². The lowest BCUT2D eigenvalue weighted by Gasteiger charge is -2.33. The summed E-state index contributed by atoms with van der Waals surface area (Å²) in [7, 11) is 0. The van der Waals surface area contributed by atoms with Crippen molar-refractivity contribution in [1.82, 2.24) is 0 Å². The second-order valence-corrected chi connectivity index (χ2v) is 4.97. The number of ether oxygens (including phenoxy) is 1. The number of hydrogen-bond donors (Lipinski definition) is 1. The molecule has 0 fully saturated rings. The summed E-state index contributed by atoms with van der Waals surface area (Å²) >= 11 is 5.68. The van der Waals surface area contributed by atoms with E-state index in [1.54, 1.807) is 0 Å². The minimum Gasteiger partial charge on any atom is -0.367 e. The van der Waals surface area contributed by atoms with Crippen LogP contribution in [-0.4, -0.2) is 22.9 Å². The minimum absolute atomic E-state index is 0.331. The maximum absolute atomic E-state index is 9.61. The highest BCUT2D eigenvalue weighted by molar-refractivity contribution is 6.18. The topological polar surface area (TPSA) is 29.5 Å². The fraction of sp³-hybridized carbons (Fsp3) is 1.00. The summed E-state index contributed by atoms with van der Waals surface area (Å²) in [5.41, 5.74) is -0.725. The van der Waals surface area contributed by atoms with Crippen molar-refractivity contribution in [2.24, 2.45) is 5.41 Å². The first kappa shape index (κ1) is 12.2. The van der Waals surface area contributed by atoms with Crippen LogP contribution in [0.3, 0.4) is 0 Å². The normalized spacial score (nSPS) is 16.2. The summed E-state index contributed by atoms with van der Waals surface area (Å²) in [6.45, 7) is 9.45. The quantitative estimate of drug-likeness (QED) is 0.552. The van der Waals surface area contributed by atoms with Crippen molar-refractivity contribution >= 4 is 11.6 Å². The van der Waals surface area contributed by atoms with Crippen LogP contribution in [0.5, 0.6) is 0 Å². The Bertz CT molecular complexity index is 138. The number of aliphatic hydroxyl groups excluding tert-OH is 1. The van der Waals surface area contributed by atoms with E-state index in [1.807, 2.05) is 34.6 Å². The second-order valence-electron chi connectivity index (χ2n) is 4.70. The third-order valence-corrected chi connectivity index (χ3v) is 2.17. The molecule has 0 saturated heterocycles. The molecule has 0 aromatic rings. The van der Waals surface area contributed by atoms with Crippen LogP contribution in [-0.2, 0) is 4.74 Å². The van der Waals surface area contributed by atoms with Crippen molar-refractivity contribution in [3.05, 3.63) is 0 Å². The Hall–Kier alpha value is 0.210. The molecule has 3 heteroatoms. The molecule has 12 heavy (non-hydrogen) atoms. The molecule has 0 heterocycles. The SMILES string of the molecule is CC(C)(C)OC(O)C(C)(C)CCl. The minimum atomic E-state index is -0.810. The Morgan fingerprint density at radius 3 is 1.92 bits per heavy atom. The molecule has 1 unspecified atom stereocenters. The average molecular weight is 195 g/mol. The molecule has 0 aromatic heterocycles. The molecule has 1 N–H and O–H groups in total. The fourth-order valence-electron chi connectivity index (χ4n) is 0.560. The predicted octanol–water partition coefficient (Wildman–Crippen LogP) is 2.38. The standard InChI is InChI=1S/C9H19ClO2/c1-8(2,3)12-7(11)9(4,5)6-10/h7,11H,6H2,1-5H3. The number of aliphatic hydroxyl groups is 1. The first-order valence-corrected chi connectivity index (χ1v) is 4.64. The zero-order chi connectivity index (χ0) is 9.99. The molecule has 0 rings (SSSR count). The molecule has 0 aromatic carbocycles. The van der Waals surface area contributed by atoms with Crippen molar-refractivity contribution in [2.75, 3.05) is 5.88 Å². The number of hydrogen-bond acceptors (Lipinski definition) is 2. The largest absolute Gasteiger partial charge is 0.367 e. The molecule has 0 spiro atoms. The molecule has 0 radical (unpaired) electrons. The van der Waals surface area contributed by atoms with Gasteiger partial charge in [0.05, 0.1) is 5.60 Å². The smallest absolute Gasteiger partial charge is 0.161 e. The zero-order valence-corrected chi connectivity index (χ0v) is 9.27. The Labute approximate surface area is 79.9 Å². The van der Waals surface area contributed by atoms with Crippen LogP contribution in [0.15, 0.2) is 0 Å². The van der Waals surface area contributed by atoms with Crippen molar-refractivity contribution < 1.29 is 9.84 Å². The van der Waals surface area contributed by atoms with Gasteiger partial charge in [-0.25, -0.2) is 0 Å². The molecule has 0 amide bonds. The highest BCUT2D eigenvalue weighted by Crippen LogP contribution is 2.26. The third kappa shape index (κ3) is 4.29. The van der Waals surface area contributed by atoms with Crippen molar-refractivity contribution in [1.29, 1.82) is 0 Å². The fourth-order valence-corrected chi connectivity index (χ4v) is 0.692. The van der Waals surface area contributed by atoms with Crippen LogP contribution in [0.4, 0.5) is 0 Å². The van der Waals surface area contributed by atoms with Gasteiger partial charge in [-0.3, -0.25) is 0 Å². The van der Waals surface area contributed by atoms with Crippen molar-refractivity contribution in [2.45, 2.75) is 46.5 Å². The lowest BCUT2D eigenvalue weighted by atomic mass is 9.95. The van der Waals surface area contributed by atoms with Gasteiger partial charge in [0.15, 0.2) is 6.29 Å². The van der Waals surface area contributed by atoms with Crippen LogP contribution >= 0.6 is 11.6 Å². The summed E-state index contributed by atoms with van der Waals surface area (Å²) in [6.07, 6.45) is -0.810. The van der Waals surface area contributed by atoms with Gasteiger partial charge in [-0.15, -0.1) is 11.6 Å². The van der Waals surface area contributed by atoms with Crippen molar-refractivity contribution in [3.8, 4) is 0 Å². The number of rotatable bonds is 3. The predicted molar refractivity (Wildman–Crippen MR) is 51.3 cm³/mol. The first-order valence-electron chi connectivity index (χ1n) is 4.11. The van der Waals surface area contributed by atoms with E-state index in [9.17, 15) is 5.11 Å². The van der Waals surface area contributed by atoms with Gasteiger partial charge in [0.25, 0.3) is 0 Å². The third-order valence-electron chi connectivity index (χ3n) is 1.48. The Kier molecular flexibility index (Phi) is 4.01. The van der Waals surface area contributed by atoms with E-state index in [4.69, 9.17) is 16.3 Å². The van der Waals surface area contributed by atoms with E-state index in [0.717, 1.165) is 0 Å². The van der Waals surface area contributed by atoms with Crippen LogP contribution in [0.1, 0.15) is 34.6 Å². The van der Waals surface area contributed by atoms with E-state index in [1.165, 1.54) is 0 Å². The summed E-state index contributed by atoms with van der Waals surface area (Å²) in [5.74, 6) is 0.379. The summed E-state index contributed by atoms with van der Waals surface area (Å²) in [4.78, 5) is 0. The van der Waals surface area contributed by atoms with E-state index in [0.29, 0.717) is 5.88 Å². The molecule has 74 valence electrons. The molecular weight excluding hydrogens is 176 g/mol. The highest BCUT2D eigenvalue weighted by atomic mass is 35.5. The lowest BCUT2D eigenvalue weighted by Crippen LogP contribution is -2.39. The van der Waals surface area contributed by atoms with Crippen LogP contribution in [0.2, 0.25) is 0 Å². The van der Waals surface area contributed by atoms with E-state index in [-0.39, 0.29) is 5.60 Å². The first-order chi connectivity index (χ1) is 5.19. The Balaban J connectivity index is 4.13. The average Bonchev–Trinajstić information content (AvgIpc) is 1.84. The van der Waals surface area contributed by atoms with Crippen molar-refractivity contribution in [3.63, 3.8) is 0 Å². The zero-order valence-electron chi connectivity index (χ0n) is 8.52. The summed E-state index contributed by atoms with van der Waals surface area (Å²) < 4.78 is 5.36. The monoisotopic (exact) mass is 194 g/mol. The Morgan fingerprint density at radius 2 is 1.67 bits per heavy atom. The molecule has 0 aliphatic rings. The highest BCUT2D eigenvalue weighted by Gasteiger charge is 2.31. The van der Waals surface area contributed by atoms with Crippen LogP contribution in [0.25, 0.3) is 0 Å². The van der Waals surface area contributed by atoms with Gasteiger partial charge in [0.1, 0.15) is 0 Å². The molecule has 0 saturated carbocycles. The van der Waals surface area contributed by atoms with E-state index in [2.05, 4.69) is 0 Å². The van der Waals surface area contributed by atoms with Gasteiger partial charge in [0.2, 0.25) is 0 Å². The maximum Gasteiger partial charge on any atom is 0.161 e. The summed E-state index contributed by atoms with van der Waals surface area (Å²) in [5, 5.41) is 9.61. The molecule has 0 aliphatic heterocycles. The van der Waals surface area contributed by atoms with E-state index >= 15 is 0 Å². The molecular formula is C9H19ClO2. The van der Waals surface area contributed by atoms with Gasteiger partial charge in [-0.2, -0.15) is 0 Å². The van der Waals surface area contributed by atoms with E-state index < -0.39 is 11.7 Å². The number of alkyl halides is 1. The molecule has 2 nitrogen and oxygen atoms in total. The van der Waals surface area contributed by atoms with Gasteiger partial charge >= 0.3 is 0 Å². The van der Waals surface area contributed by atoms with Gasteiger partial charge in [-0.1, -0.05) is 13.8 Å². The molecule has 1 atom stereocenters. The lowest BCUT2D eigenvalue weighted by molar-refractivity contribution is -0.210. The van der Waals surface area contributed by atoms with Gasteiger partial charge < -0.3 is 9.84 Å².